The molecule has 0 saturated carbocycles. The van der Waals surface area contributed by atoms with Gasteiger partial charge in [0.25, 0.3) is 0 Å². The van der Waals surface area contributed by atoms with E-state index in [1.54, 1.807) is 39.8 Å². The molecule has 1 aromatic rings. The number of carbonyl (C=O) groups excluding carboxylic acids is 2. The van der Waals surface area contributed by atoms with Gasteiger partial charge in [-0.05, 0) is 72.8 Å². The Labute approximate surface area is 196 Å². The lowest BCUT2D eigenvalue weighted by molar-refractivity contribution is -0.143. The van der Waals surface area contributed by atoms with Crippen LogP contribution in [0.5, 0.6) is 0 Å². The van der Waals surface area contributed by atoms with Crippen LogP contribution in [0.3, 0.4) is 0 Å². The SMILES string of the molecule is CCOC(=O)C[C@H](NC(=O)OC(C)(C)C)c1cc(B2OC(C)(C)C(C)(C)O2)cc(CC)c1F. The summed E-state index contributed by atoms with van der Waals surface area (Å²) in [7, 11) is -0.718. The minimum absolute atomic E-state index is 0.151. The number of aryl methyl sites for hydroxylation is 1. The number of esters is 1. The Balaban J connectivity index is 2.49. The molecule has 0 aromatic heterocycles. The van der Waals surface area contributed by atoms with Crippen molar-refractivity contribution < 1.29 is 32.8 Å². The second kappa shape index (κ2) is 10.0. The number of alkyl carbamates (subject to hydrolysis) is 1. The van der Waals surface area contributed by atoms with Crippen molar-refractivity contribution in [3.63, 3.8) is 0 Å². The van der Waals surface area contributed by atoms with Crippen molar-refractivity contribution in [3.8, 4) is 0 Å². The molecule has 2 rings (SSSR count). The fraction of sp³-hybridized carbons (Fsp3) is 0.667. The third-order valence-corrected chi connectivity index (χ3v) is 5.85. The van der Waals surface area contributed by atoms with Crippen LogP contribution >= 0.6 is 0 Å². The molecule has 0 radical (unpaired) electrons. The van der Waals surface area contributed by atoms with Gasteiger partial charge in [-0.1, -0.05) is 19.1 Å². The van der Waals surface area contributed by atoms with Crippen LogP contribution in [-0.2, 0) is 30.0 Å². The number of ether oxygens (including phenoxy) is 2. The highest BCUT2D eigenvalue weighted by Crippen LogP contribution is 2.37. The van der Waals surface area contributed by atoms with Crippen LogP contribution in [0.15, 0.2) is 12.1 Å². The van der Waals surface area contributed by atoms with Gasteiger partial charge >= 0.3 is 19.2 Å². The summed E-state index contributed by atoms with van der Waals surface area (Å²) in [5.74, 6) is -1.06. The zero-order chi connectivity index (χ0) is 25.2. The number of nitrogens with one attached hydrogen (secondary N) is 1. The molecule has 1 atom stereocenters. The molecule has 1 N–H and O–H groups in total. The average molecular weight is 465 g/mol. The van der Waals surface area contributed by atoms with Crippen LogP contribution in [0.25, 0.3) is 0 Å². The van der Waals surface area contributed by atoms with E-state index in [0.717, 1.165) is 0 Å². The Morgan fingerprint density at radius 2 is 1.70 bits per heavy atom. The first-order valence-electron chi connectivity index (χ1n) is 11.4. The van der Waals surface area contributed by atoms with Gasteiger partial charge in [-0.3, -0.25) is 4.79 Å². The van der Waals surface area contributed by atoms with E-state index >= 15 is 4.39 Å². The molecular weight excluding hydrogens is 428 g/mol. The smallest absolute Gasteiger partial charge is 0.466 e. The second-order valence-corrected chi connectivity index (χ2v) is 10.2. The van der Waals surface area contributed by atoms with Gasteiger partial charge in [0.2, 0.25) is 0 Å². The summed E-state index contributed by atoms with van der Waals surface area (Å²) in [4.78, 5) is 24.8. The summed E-state index contributed by atoms with van der Waals surface area (Å²) in [6, 6.07) is 2.29. The Morgan fingerprint density at radius 1 is 1.12 bits per heavy atom. The van der Waals surface area contributed by atoms with Crippen molar-refractivity contribution in [2.75, 3.05) is 6.61 Å². The standard InChI is InChI=1S/C24H37BFNO6/c1-10-15-12-16(25-32-23(6,7)24(8,9)33-25)13-17(20(15)26)18(14-19(28)30-11-2)27-21(29)31-22(3,4)5/h12-13,18H,10-11,14H2,1-9H3,(H,27,29)/t18-/m0/s1. The summed E-state index contributed by atoms with van der Waals surface area (Å²) in [6.45, 7) is 16.6. The number of hydrogen-bond acceptors (Lipinski definition) is 6. The highest BCUT2D eigenvalue weighted by Gasteiger charge is 2.52. The van der Waals surface area contributed by atoms with Crippen LogP contribution in [0, 0.1) is 5.82 Å². The molecule has 1 heterocycles. The predicted octanol–water partition coefficient (Wildman–Crippen LogP) is 4.21. The molecule has 0 bridgehead atoms. The van der Waals surface area contributed by atoms with Gasteiger partial charge in [0.15, 0.2) is 0 Å². The fourth-order valence-electron chi connectivity index (χ4n) is 3.44. The van der Waals surface area contributed by atoms with E-state index in [4.69, 9.17) is 18.8 Å². The van der Waals surface area contributed by atoms with Crippen LogP contribution in [0.4, 0.5) is 9.18 Å². The molecule has 1 aliphatic rings. The van der Waals surface area contributed by atoms with Crippen molar-refractivity contribution in [3.05, 3.63) is 29.1 Å². The van der Waals surface area contributed by atoms with Crippen molar-refractivity contribution in [1.82, 2.24) is 5.32 Å². The number of halogens is 1. The summed E-state index contributed by atoms with van der Waals surface area (Å²) in [5, 5.41) is 2.64. The Kier molecular flexibility index (Phi) is 8.23. The van der Waals surface area contributed by atoms with Crippen LogP contribution < -0.4 is 10.8 Å². The summed E-state index contributed by atoms with van der Waals surface area (Å²) in [6.07, 6.45) is -0.597. The van der Waals surface area contributed by atoms with E-state index in [0.29, 0.717) is 17.4 Å². The Morgan fingerprint density at radius 3 is 2.18 bits per heavy atom. The van der Waals surface area contributed by atoms with E-state index in [1.807, 2.05) is 34.6 Å². The molecule has 1 aromatic carbocycles. The third kappa shape index (κ3) is 6.70. The molecule has 1 amide bonds. The van der Waals surface area contributed by atoms with Crippen molar-refractivity contribution in [1.29, 1.82) is 0 Å². The lowest BCUT2D eigenvalue weighted by atomic mass is 9.76. The molecule has 1 saturated heterocycles. The molecular formula is C24H37BFNO6. The fourth-order valence-corrected chi connectivity index (χ4v) is 3.44. The molecule has 0 aliphatic carbocycles. The van der Waals surface area contributed by atoms with Gasteiger partial charge in [-0.25, -0.2) is 9.18 Å². The van der Waals surface area contributed by atoms with E-state index in [1.165, 1.54) is 0 Å². The predicted molar refractivity (Wildman–Crippen MR) is 125 cm³/mol. The minimum Gasteiger partial charge on any atom is -0.466 e. The summed E-state index contributed by atoms with van der Waals surface area (Å²) in [5.41, 5.74) is -0.706. The Hall–Kier alpha value is -2.13. The molecule has 0 unspecified atom stereocenters. The monoisotopic (exact) mass is 465 g/mol. The first-order chi connectivity index (χ1) is 15.1. The topological polar surface area (TPSA) is 83.1 Å². The maximum atomic E-state index is 15.5. The van der Waals surface area contributed by atoms with Gasteiger partial charge in [0, 0.05) is 5.56 Å². The molecule has 7 nitrogen and oxygen atoms in total. The lowest BCUT2D eigenvalue weighted by Gasteiger charge is -2.32. The van der Waals surface area contributed by atoms with Crippen molar-refractivity contribution >= 4 is 24.6 Å². The highest BCUT2D eigenvalue weighted by atomic mass is 19.1. The minimum atomic E-state index is -0.994. The van der Waals surface area contributed by atoms with E-state index in [-0.39, 0.29) is 18.6 Å². The molecule has 0 spiro atoms. The first-order valence-corrected chi connectivity index (χ1v) is 11.4. The maximum Gasteiger partial charge on any atom is 0.494 e. The van der Waals surface area contributed by atoms with Gasteiger partial charge in [0.1, 0.15) is 11.4 Å². The quantitative estimate of drug-likeness (QED) is 0.480. The highest BCUT2D eigenvalue weighted by molar-refractivity contribution is 6.62. The van der Waals surface area contributed by atoms with Crippen LogP contribution in [0.2, 0.25) is 0 Å². The normalized spacial score (nSPS) is 18.1. The zero-order valence-corrected chi connectivity index (χ0v) is 21.3. The number of rotatable bonds is 7. The molecule has 1 fully saturated rings. The van der Waals surface area contributed by atoms with Gasteiger partial charge in [-0.2, -0.15) is 0 Å². The summed E-state index contributed by atoms with van der Waals surface area (Å²) < 4.78 is 38.2. The number of amides is 1. The number of benzene rings is 1. The maximum absolute atomic E-state index is 15.5. The average Bonchev–Trinajstić information content (AvgIpc) is 2.87. The Bertz CT molecular complexity index is 864. The van der Waals surface area contributed by atoms with Crippen molar-refractivity contribution in [2.45, 2.75) is 98.0 Å². The van der Waals surface area contributed by atoms with Gasteiger partial charge in [0.05, 0.1) is 30.3 Å². The molecule has 184 valence electrons. The number of hydrogen-bond donors (Lipinski definition) is 1. The van der Waals surface area contributed by atoms with E-state index in [9.17, 15) is 9.59 Å². The van der Waals surface area contributed by atoms with E-state index in [2.05, 4.69) is 5.32 Å². The molecule has 9 heteroatoms. The lowest BCUT2D eigenvalue weighted by Crippen LogP contribution is -2.41. The zero-order valence-electron chi connectivity index (χ0n) is 21.3. The third-order valence-electron chi connectivity index (χ3n) is 5.85. The summed E-state index contributed by atoms with van der Waals surface area (Å²) >= 11 is 0. The first kappa shape index (κ1) is 27.1. The second-order valence-electron chi connectivity index (χ2n) is 10.2. The van der Waals surface area contributed by atoms with Crippen molar-refractivity contribution in [2.24, 2.45) is 0 Å². The number of carbonyl (C=O) groups is 2. The molecule has 33 heavy (non-hydrogen) atoms. The van der Waals surface area contributed by atoms with Gasteiger partial charge in [-0.15, -0.1) is 0 Å². The largest absolute Gasteiger partial charge is 0.494 e. The van der Waals surface area contributed by atoms with E-state index < -0.39 is 47.8 Å². The van der Waals surface area contributed by atoms with Crippen LogP contribution in [0.1, 0.15) is 85.9 Å². The van der Waals surface area contributed by atoms with Crippen LogP contribution in [-0.4, -0.2) is 42.6 Å². The molecule has 1 aliphatic heterocycles. The van der Waals surface area contributed by atoms with Gasteiger partial charge < -0.3 is 24.1 Å².